The molecule has 0 aliphatic heterocycles. The van der Waals surface area contributed by atoms with E-state index < -0.39 is 22.5 Å². The Morgan fingerprint density at radius 3 is 2.22 bits per heavy atom. The van der Waals surface area contributed by atoms with Gasteiger partial charge in [0, 0.05) is 6.54 Å². The molecule has 8 nitrogen and oxygen atoms in total. The van der Waals surface area contributed by atoms with Crippen molar-refractivity contribution in [3.05, 3.63) is 84.4 Å². The number of amides is 2. The van der Waals surface area contributed by atoms with E-state index in [0.29, 0.717) is 35.8 Å². The Morgan fingerprint density at radius 2 is 1.56 bits per heavy atom. The van der Waals surface area contributed by atoms with E-state index >= 15 is 0 Å². The maximum atomic E-state index is 13.5. The largest absolute Gasteiger partial charge is 0.494 e. The number of hydrogen-bond acceptors (Lipinski definition) is 5. The van der Waals surface area contributed by atoms with Crippen molar-refractivity contribution in [2.75, 3.05) is 29.3 Å². The number of hydrogen-bond donors (Lipinski definition) is 2. The molecule has 0 unspecified atom stereocenters. The van der Waals surface area contributed by atoms with Crippen LogP contribution in [0, 0.1) is 0 Å². The Kier molecular flexibility index (Phi) is 9.46. The lowest BCUT2D eigenvalue weighted by molar-refractivity contribution is -0.114. The molecule has 2 N–H and O–H groups in total. The van der Waals surface area contributed by atoms with Crippen LogP contribution in [0.2, 0.25) is 0 Å². The van der Waals surface area contributed by atoms with Crippen LogP contribution in [0.5, 0.6) is 5.75 Å². The zero-order chi connectivity index (χ0) is 26.0. The number of carbonyl (C=O) groups excluding carboxylic acids is 2. The van der Waals surface area contributed by atoms with E-state index in [0.717, 1.165) is 17.1 Å². The number of nitrogens with one attached hydrogen (secondary N) is 2. The van der Waals surface area contributed by atoms with Gasteiger partial charge in [0.15, 0.2) is 0 Å². The van der Waals surface area contributed by atoms with Crippen molar-refractivity contribution in [3.8, 4) is 5.75 Å². The van der Waals surface area contributed by atoms with Gasteiger partial charge < -0.3 is 15.4 Å². The van der Waals surface area contributed by atoms with E-state index in [1.807, 2.05) is 13.8 Å². The Labute approximate surface area is 212 Å². The lowest BCUT2D eigenvalue weighted by Crippen LogP contribution is -2.38. The van der Waals surface area contributed by atoms with Crippen LogP contribution in [0.3, 0.4) is 0 Å². The molecule has 9 heteroatoms. The molecule has 0 radical (unpaired) electrons. The number of nitrogens with zero attached hydrogens (tertiary/aromatic N) is 1. The van der Waals surface area contributed by atoms with Crippen LogP contribution < -0.4 is 19.7 Å². The average molecular weight is 510 g/mol. The van der Waals surface area contributed by atoms with Crippen LogP contribution in [0.15, 0.2) is 83.8 Å². The molecule has 0 spiro atoms. The molecule has 36 heavy (non-hydrogen) atoms. The van der Waals surface area contributed by atoms with Gasteiger partial charge in [0.25, 0.3) is 15.9 Å². The highest BCUT2D eigenvalue weighted by atomic mass is 32.2. The first kappa shape index (κ1) is 26.7. The van der Waals surface area contributed by atoms with Crippen molar-refractivity contribution in [1.29, 1.82) is 0 Å². The lowest BCUT2D eigenvalue weighted by atomic mass is 10.1. The van der Waals surface area contributed by atoms with Crippen LogP contribution in [0.4, 0.5) is 11.4 Å². The van der Waals surface area contributed by atoms with Gasteiger partial charge in [-0.2, -0.15) is 0 Å². The number of para-hydroxylation sites is 1. The molecule has 0 saturated carbocycles. The predicted molar refractivity (Wildman–Crippen MR) is 141 cm³/mol. The first-order valence-corrected chi connectivity index (χ1v) is 13.3. The van der Waals surface area contributed by atoms with E-state index in [-0.39, 0.29) is 10.8 Å². The zero-order valence-corrected chi connectivity index (χ0v) is 21.3. The van der Waals surface area contributed by atoms with E-state index in [9.17, 15) is 18.0 Å². The molecule has 0 heterocycles. The van der Waals surface area contributed by atoms with Gasteiger partial charge in [-0.1, -0.05) is 43.7 Å². The second-order valence-corrected chi connectivity index (χ2v) is 9.82. The van der Waals surface area contributed by atoms with Crippen molar-refractivity contribution in [1.82, 2.24) is 5.32 Å². The van der Waals surface area contributed by atoms with Crippen molar-refractivity contribution >= 4 is 33.2 Å². The maximum absolute atomic E-state index is 13.5. The standard InChI is InChI=1S/C27H31N3O5S/c1-3-5-19-28-27(32)24-13-9-10-14-25(24)29-26(31)20-30(21-15-17-22(18-16-21)35-4-2)36(33,34)23-11-7-6-8-12-23/h6-18H,3-5,19-20H2,1-2H3,(H,28,32)(H,29,31). The van der Waals surface area contributed by atoms with Gasteiger partial charge in [-0.05, 0) is 61.9 Å². The second kappa shape index (κ2) is 12.7. The smallest absolute Gasteiger partial charge is 0.264 e. The summed E-state index contributed by atoms with van der Waals surface area (Å²) in [6.07, 6.45) is 1.78. The van der Waals surface area contributed by atoms with Gasteiger partial charge in [-0.3, -0.25) is 13.9 Å². The third-order valence-electron chi connectivity index (χ3n) is 5.32. The van der Waals surface area contributed by atoms with E-state index in [1.165, 1.54) is 12.1 Å². The van der Waals surface area contributed by atoms with Crippen LogP contribution in [0.25, 0.3) is 0 Å². The summed E-state index contributed by atoms with van der Waals surface area (Å²) in [4.78, 5) is 25.8. The predicted octanol–water partition coefficient (Wildman–Crippen LogP) is 4.45. The van der Waals surface area contributed by atoms with E-state index in [4.69, 9.17) is 4.74 Å². The van der Waals surface area contributed by atoms with Gasteiger partial charge in [0.2, 0.25) is 5.91 Å². The Bertz CT molecular complexity index is 1260. The summed E-state index contributed by atoms with van der Waals surface area (Å²) in [7, 11) is -4.06. The fourth-order valence-corrected chi connectivity index (χ4v) is 4.94. The molecule has 0 saturated heterocycles. The molecule has 3 aromatic carbocycles. The molecule has 190 valence electrons. The van der Waals surface area contributed by atoms with Crippen LogP contribution in [0.1, 0.15) is 37.0 Å². The van der Waals surface area contributed by atoms with Crippen molar-refractivity contribution in [3.63, 3.8) is 0 Å². The Balaban J connectivity index is 1.87. The molecule has 0 aliphatic carbocycles. The molecule has 2 amide bonds. The number of benzene rings is 3. The summed E-state index contributed by atoms with van der Waals surface area (Å²) >= 11 is 0. The Morgan fingerprint density at radius 1 is 0.889 bits per heavy atom. The highest BCUT2D eigenvalue weighted by molar-refractivity contribution is 7.92. The highest BCUT2D eigenvalue weighted by Crippen LogP contribution is 2.26. The summed E-state index contributed by atoms with van der Waals surface area (Å²) < 4.78 is 33.5. The van der Waals surface area contributed by atoms with Gasteiger partial charge >= 0.3 is 0 Å². The summed E-state index contributed by atoms with van der Waals surface area (Å²) in [5.41, 5.74) is 0.920. The molecular weight excluding hydrogens is 478 g/mol. The van der Waals surface area contributed by atoms with E-state index in [2.05, 4.69) is 10.6 Å². The number of anilines is 2. The molecular formula is C27H31N3O5S. The molecule has 3 rings (SSSR count). The average Bonchev–Trinajstić information content (AvgIpc) is 2.89. The summed E-state index contributed by atoms with van der Waals surface area (Å²) in [6.45, 7) is 4.39. The van der Waals surface area contributed by atoms with Gasteiger partial charge in [0.1, 0.15) is 12.3 Å². The number of sulfonamides is 1. The highest BCUT2D eigenvalue weighted by Gasteiger charge is 2.27. The minimum Gasteiger partial charge on any atom is -0.494 e. The molecule has 0 fully saturated rings. The van der Waals surface area contributed by atoms with Crippen LogP contribution in [-0.4, -0.2) is 39.9 Å². The van der Waals surface area contributed by atoms with Crippen molar-refractivity contribution < 1.29 is 22.7 Å². The minimum absolute atomic E-state index is 0.0578. The second-order valence-electron chi connectivity index (χ2n) is 7.95. The molecule has 0 aliphatic rings. The number of ether oxygens (including phenoxy) is 1. The van der Waals surface area contributed by atoms with Crippen LogP contribution in [-0.2, 0) is 14.8 Å². The molecule has 0 bridgehead atoms. The molecule has 3 aromatic rings. The zero-order valence-electron chi connectivity index (χ0n) is 20.4. The quantitative estimate of drug-likeness (QED) is 0.351. The molecule has 0 aromatic heterocycles. The number of unbranched alkanes of at least 4 members (excludes halogenated alkanes) is 1. The minimum atomic E-state index is -4.06. The fraction of sp³-hybridized carbons (Fsp3) is 0.259. The summed E-state index contributed by atoms with van der Waals surface area (Å²) in [5.74, 6) is -0.303. The third-order valence-corrected chi connectivity index (χ3v) is 7.10. The van der Waals surface area contributed by atoms with Gasteiger partial charge in [-0.15, -0.1) is 0 Å². The topological polar surface area (TPSA) is 105 Å². The summed E-state index contributed by atoms with van der Waals surface area (Å²) in [5, 5.41) is 5.54. The SMILES string of the molecule is CCCCNC(=O)c1ccccc1NC(=O)CN(c1ccc(OCC)cc1)S(=O)(=O)c1ccccc1. The number of carbonyl (C=O) groups is 2. The number of rotatable bonds is 12. The monoisotopic (exact) mass is 509 g/mol. The molecule has 0 atom stereocenters. The first-order valence-electron chi connectivity index (χ1n) is 11.8. The van der Waals surface area contributed by atoms with Crippen molar-refractivity contribution in [2.45, 2.75) is 31.6 Å². The third kappa shape index (κ3) is 6.85. The maximum Gasteiger partial charge on any atom is 0.264 e. The van der Waals surface area contributed by atoms with E-state index in [1.54, 1.807) is 66.7 Å². The Hall–Kier alpha value is -3.85. The normalized spacial score (nSPS) is 10.9. The van der Waals surface area contributed by atoms with Crippen LogP contribution >= 0.6 is 0 Å². The summed E-state index contributed by atoms with van der Waals surface area (Å²) in [6, 6.07) is 21.0. The van der Waals surface area contributed by atoms with Crippen molar-refractivity contribution in [2.24, 2.45) is 0 Å². The first-order chi connectivity index (χ1) is 17.4. The van der Waals surface area contributed by atoms with Gasteiger partial charge in [0.05, 0.1) is 28.4 Å². The van der Waals surface area contributed by atoms with Gasteiger partial charge in [-0.25, -0.2) is 8.42 Å². The fourth-order valence-electron chi connectivity index (χ4n) is 3.49. The lowest BCUT2D eigenvalue weighted by Gasteiger charge is -2.24.